The first-order valence-electron chi connectivity index (χ1n) is 7.90. The summed E-state index contributed by atoms with van der Waals surface area (Å²) >= 11 is 11.9. The van der Waals surface area contributed by atoms with Crippen LogP contribution in [-0.2, 0) is 9.59 Å². The lowest BCUT2D eigenvalue weighted by Crippen LogP contribution is -2.35. The van der Waals surface area contributed by atoms with Gasteiger partial charge in [-0.05, 0) is 29.8 Å². The minimum atomic E-state index is -1.04. The molecule has 0 bridgehead atoms. The molecule has 2 aromatic rings. The van der Waals surface area contributed by atoms with Crippen LogP contribution in [0.1, 0.15) is 22.3 Å². The van der Waals surface area contributed by atoms with Crippen molar-refractivity contribution in [2.24, 2.45) is 0 Å². The maximum atomic E-state index is 12.5. The van der Waals surface area contributed by atoms with Crippen molar-refractivity contribution in [1.29, 1.82) is 0 Å². The molecule has 0 aliphatic rings. The first kappa shape index (κ1) is 20.5. The largest absolute Gasteiger partial charge is 0.481 e. The van der Waals surface area contributed by atoms with Crippen molar-refractivity contribution in [1.82, 2.24) is 10.6 Å². The van der Waals surface area contributed by atoms with Crippen molar-refractivity contribution in [2.75, 3.05) is 6.54 Å². The van der Waals surface area contributed by atoms with Gasteiger partial charge in [0.05, 0.1) is 17.0 Å². The van der Waals surface area contributed by atoms with E-state index in [9.17, 15) is 14.4 Å². The topological polar surface area (TPSA) is 95.5 Å². The van der Waals surface area contributed by atoms with Gasteiger partial charge >= 0.3 is 5.97 Å². The number of carboxylic acids is 1. The summed E-state index contributed by atoms with van der Waals surface area (Å²) < 4.78 is 0. The third kappa shape index (κ3) is 6.44. The maximum Gasteiger partial charge on any atom is 0.305 e. The summed E-state index contributed by atoms with van der Waals surface area (Å²) in [6.07, 6.45) is 1.25. The van der Waals surface area contributed by atoms with Gasteiger partial charge in [-0.2, -0.15) is 0 Å². The predicted octanol–water partition coefficient (Wildman–Crippen LogP) is 3.36. The zero-order chi connectivity index (χ0) is 19.8. The molecule has 140 valence electrons. The molecular formula is C19H16Cl2N2O4. The van der Waals surface area contributed by atoms with Crippen LogP contribution in [0.4, 0.5) is 0 Å². The second-order valence-electron chi connectivity index (χ2n) is 5.45. The Hall–Kier alpha value is -2.83. The first-order chi connectivity index (χ1) is 12.9. The standard InChI is InChI=1S/C19H16Cl2N2O4/c20-13-6-7-14(15(21)11-13)18(26)23-16(10-12-4-2-1-3-5-12)19(27)22-9-8-17(24)25/h1-7,10-11H,8-9H2,(H,22,27)(H,23,26)(H,24,25)/b16-10+. The molecule has 0 radical (unpaired) electrons. The molecule has 27 heavy (non-hydrogen) atoms. The highest BCUT2D eigenvalue weighted by molar-refractivity contribution is 6.36. The maximum absolute atomic E-state index is 12.5. The Balaban J connectivity index is 2.23. The van der Waals surface area contributed by atoms with Gasteiger partial charge in [0, 0.05) is 11.6 Å². The number of carbonyl (C=O) groups is 3. The van der Waals surface area contributed by atoms with Crippen molar-refractivity contribution in [3.63, 3.8) is 0 Å². The minimum absolute atomic E-state index is 0.0393. The van der Waals surface area contributed by atoms with Gasteiger partial charge in [0.2, 0.25) is 0 Å². The van der Waals surface area contributed by atoms with Crippen LogP contribution < -0.4 is 10.6 Å². The number of hydrogen-bond donors (Lipinski definition) is 3. The van der Waals surface area contributed by atoms with Crippen LogP contribution in [-0.4, -0.2) is 29.4 Å². The molecule has 2 amide bonds. The molecular weight excluding hydrogens is 391 g/mol. The van der Waals surface area contributed by atoms with Crippen molar-refractivity contribution in [3.05, 3.63) is 75.4 Å². The summed E-state index contributed by atoms with van der Waals surface area (Å²) in [6, 6.07) is 13.3. The van der Waals surface area contributed by atoms with Crippen LogP contribution in [0.15, 0.2) is 54.2 Å². The summed E-state index contributed by atoms with van der Waals surface area (Å²) in [5.41, 5.74) is 0.796. The van der Waals surface area contributed by atoms with Crippen LogP contribution in [0.2, 0.25) is 10.0 Å². The van der Waals surface area contributed by atoms with Crippen LogP contribution in [0.5, 0.6) is 0 Å². The normalized spacial score (nSPS) is 11.0. The molecule has 0 aliphatic carbocycles. The summed E-state index contributed by atoms with van der Waals surface area (Å²) in [7, 11) is 0. The molecule has 0 spiro atoms. The molecule has 2 aromatic carbocycles. The molecule has 0 saturated heterocycles. The molecule has 3 N–H and O–H groups in total. The molecule has 0 aromatic heterocycles. The predicted molar refractivity (Wildman–Crippen MR) is 104 cm³/mol. The van der Waals surface area contributed by atoms with E-state index in [1.165, 1.54) is 24.3 Å². The van der Waals surface area contributed by atoms with Crippen LogP contribution >= 0.6 is 23.2 Å². The number of nitrogens with one attached hydrogen (secondary N) is 2. The molecule has 6 nitrogen and oxygen atoms in total. The third-order valence-electron chi connectivity index (χ3n) is 3.40. The van der Waals surface area contributed by atoms with E-state index in [4.69, 9.17) is 28.3 Å². The fourth-order valence-electron chi connectivity index (χ4n) is 2.12. The van der Waals surface area contributed by atoms with Crippen molar-refractivity contribution < 1.29 is 19.5 Å². The van der Waals surface area contributed by atoms with E-state index in [0.29, 0.717) is 10.6 Å². The second kappa shape index (κ2) is 9.75. The smallest absolute Gasteiger partial charge is 0.305 e. The highest BCUT2D eigenvalue weighted by Crippen LogP contribution is 2.21. The van der Waals surface area contributed by atoms with E-state index in [0.717, 1.165) is 0 Å². The molecule has 8 heteroatoms. The lowest BCUT2D eigenvalue weighted by atomic mass is 10.1. The zero-order valence-corrected chi connectivity index (χ0v) is 15.6. The van der Waals surface area contributed by atoms with Gasteiger partial charge in [-0.3, -0.25) is 14.4 Å². The van der Waals surface area contributed by atoms with Crippen molar-refractivity contribution in [2.45, 2.75) is 6.42 Å². The van der Waals surface area contributed by atoms with E-state index >= 15 is 0 Å². The number of rotatable bonds is 7. The van der Waals surface area contributed by atoms with E-state index in [-0.39, 0.29) is 29.2 Å². The van der Waals surface area contributed by atoms with Gasteiger partial charge in [-0.1, -0.05) is 53.5 Å². The van der Waals surface area contributed by atoms with Gasteiger partial charge < -0.3 is 15.7 Å². The molecule has 0 atom stereocenters. The number of benzene rings is 2. The average Bonchev–Trinajstić information content (AvgIpc) is 2.61. The average molecular weight is 407 g/mol. The summed E-state index contributed by atoms with van der Waals surface area (Å²) in [5, 5.41) is 14.2. The SMILES string of the molecule is O=C(O)CCNC(=O)/C(=C\c1ccccc1)NC(=O)c1ccc(Cl)cc1Cl. The van der Waals surface area contributed by atoms with Crippen LogP contribution in [0, 0.1) is 0 Å². The van der Waals surface area contributed by atoms with Gasteiger partial charge in [0.1, 0.15) is 5.70 Å². The van der Waals surface area contributed by atoms with Crippen LogP contribution in [0.25, 0.3) is 6.08 Å². The minimum Gasteiger partial charge on any atom is -0.481 e. The summed E-state index contributed by atoms with van der Waals surface area (Å²) in [5.74, 6) is -2.24. The van der Waals surface area contributed by atoms with Gasteiger partial charge in [-0.15, -0.1) is 0 Å². The molecule has 2 rings (SSSR count). The van der Waals surface area contributed by atoms with E-state index < -0.39 is 17.8 Å². The Kier molecular flexibility index (Phi) is 7.40. The van der Waals surface area contributed by atoms with Gasteiger partial charge in [0.15, 0.2) is 0 Å². The number of amides is 2. The zero-order valence-electron chi connectivity index (χ0n) is 14.0. The molecule has 0 aliphatic heterocycles. The number of carbonyl (C=O) groups excluding carboxylic acids is 2. The fraction of sp³-hybridized carbons (Fsp3) is 0.105. The lowest BCUT2D eigenvalue weighted by molar-refractivity contribution is -0.136. The van der Waals surface area contributed by atoms with E-state index in [2.05, 4.69) is 10.6 Å². The van der Waals surface area contributed by atoms with Gasteiger partial charge in [0.25, 0.3) is 11.8 Å². The number of carboxylic acid groups (broad SMARTS) is 1. The molecule has 0 heterocycles. The molecule has 0 unspecified atom stereocenters. The Labute approximate surface area is 165 Å². The molecule has 0 fully saturated rings. The Morgan fingerprint density at radius 2 is 1.74 bits per heavy atom. The number of hydrogen-bond acceptors (Lipinski definition) is 3. The van der Waals surface area contributed by atoms with E-state index in [1.807, 2.05) is 6.07 Å². The Morgan fingerprint density at radius 1 is 1.04 bits per heavy atom. The molecule has 0 saturated carbocycles. The number of halogens is 2. The third-order valence-corrected chi connectivity index (χ3v) is 3.95. The second-order valence-corrected chi connectivity index (χ2v) is 6.29. The van der Waals surface area contributed by atoms with Crippen molar-refractivity contribution >= 4 is 47.1 Å². The quantitative estimate of drug-likeness (QED) is 0.614. The highest BCUT2D eigenvalue weighted by Gasteiger charge is 2.17. The Morgan fingerprint density at radius 3 is 2.37 bits per heavy atom. The van der Waals surface area contributed by atoms with Crippen molar-refractivity contribution in [3.8, 4) is 0 Å². The highest BCUT2D eigenvalue weighted by atomic mass is 35.5. The van der Waals surface area contributed by atoms with Crippen LogP contribution in [0.3, 0.4) is 0 Å². The Bertz CT molecular complexity index is 883. The monoisotopic (exact) mass is 406 g/mol. The fourth-order valence-corrected chi connectivity index (χ4v) is 2.61. The first-order valence-corrected chi connectivity index (χ1v) is 8.65. The summed E-state index contributed by atoms with van der Waals surface area (Å²) in [4.78, 5) is 35.5. The van der Waals surface area contributed by atoms with Gasteiger partial charge in [-0.25, -0.2) is 0 Å². The summed E-state index contributed by atoms with van der Waals surface area (Å²) in [6.45, 7) is -0.0716. The van der Waals surface area contributed by atoms with E-state index in [1.54, 1.807) is 24.3 Å². The number of aliphatic carboxylic acids is 1. The lowest BCUT2D eigenvalue weighted by Gasteiger charge is -2.11.